The molecule has 0 aliphatic carbocycles. The van der Waals surface area contributed by atoms with Crippen LogP contribution in [-0.4, -0.2) is 27.5 Å². The third-order valence-corrected chi connectivity index (χ3v) is 4.36. The Morgan fingerprint density at radius 1 is 1.35 bits per heavy atom. The lowest BCUT2D eigenvalue weighted by molar-refractivity contribution is -0.131. The second-order valence-electron chi connectivity index (χ2n) is 6.37. The molecule has 0 bridgehead atoms. The first-order valence-electron chi connectivity index (χ1n) is 8.19. The minimum absolute atomic E-state index is 0.173. The summed E-state index contributed by atoms with van der Waals surface area (Å²) in [4.78, 5) is 14.2. The number of carbonyl (C=O) groups excluding carboxylic acids is 1. The van der Waals surface area contributed by atoms with Crippen LogP contribution in [0.3, 0.4) is 0 Å². The van der Waals surface area contributed by atoms with E-state index in [9.17, 15) is 4.79 Å². The van der Waals surface area contributed by atoms with Crippen LogP contribution in [0.2, 0.25) is 0 Å². The summed E-state index contributed by atoms with van der Waals surface area (Å²) >= 11 is 0. The maximum Gasteiger partial charge on any atom is 0.226 e. The van der Waals surface area contributed by atoms with Gasteiger partial charge in [0.05, 0.1) is 6.20 Å². The first-order valence-corrected chi connectivity index (χ1v) is 8.19. The van der Waals surface area contributed by atoms with Crippen molar-refractivity contribution in [3.05, 3.63) is 58.9 Å². The summed E-state index contributed by atoms with van der Waals surface area (Å²) in [5.41, 5.74) is 4.77. The smallest absolute Gasteiger partial charge is 0.226 e. The molecule has 4 nitrogen and oxygen atoms in total. The predicted octanol–water partition coefficient (Wildman–Crippen LogP) is 3.52. The predicted molar refractivity (Wildman–Crippen MR) is 91.9 cm³/mol. The van der Waals surface area contributed by atoms with Gasteiger partial charge in [0.2, 0.25) is 5.91 Å². The van der Waals surface area contributed by atoms with Crippen LogP contribution < -0.4 is 0 Å². The number of carbonyl (C=O) groups is 1. The number of rotatable bonds is 4. The molecule has 120 valence electrons. The van der Waals surface area contributed by atoms with Crippen molar-refractivity contribution < 1.29 is 4.79 Å². The SMILES string of the molecule is CC(C)c1ccc(/C=C/CC(=O)N2CCc3[nH]ncc3C2)cc1. The van der Waals surface area contributed by atoms with Crippen molar-refractivity contribution in [3.63, 3.8) is 0 Å². The van der Waals surface area contributed by atoms with Gasteiger partial charge in [0.1, 0.15) is 0 Å². The largest absolute Gasteiger partial charge is 0.338 e. The highest BCUT2D eigenvalue weighted by atomic mass is 16.2. The lowest BCUT2D eigenvalue weighted by atomic mass is 10.0. The van der Waals surface area contributed by atoms with Gasteiger partial charge >= 0.3 is 0 Å². The Labute approximate surface area is 137 Å². The lowest BCUT2D eigenvalue weighted by Gasteiger charge is -2.26. The van der Waals surface area contributed by atoms with Crippen LogP contribution >= 0.6 is 0 Å². The number of amides is 1. The van der Waals surface area contributed by atoms with Crippen LogP contribution in [0.4, 0.5) is 0 Å². The third kappa shape index (κ3) is 3.70. The topological polar surface area (TPSA) is 49.0 Å². The maximum atomic E-state index is 12.3. The minimum Gasteiger partial charge on any atom is -0.338 e. The molecule has 0 saturated heterocycles. The van der Waals surface area contributed by atoms with Gasteiger partial charge in [-0.1, -0.05) is 50.3 Å². The van der Waals surface area contributed by atoms with E-state index < -0.39 is 0 Å². The molecule has 1 aliphatic rings. The van der Waals surface area contributed by atoms with E-state index in [2.05, 4.69) is 48.3 Å². The van der Waals surface area contributed by atoms with E-state index >= 15 is 0 Å². The Balaban J connectivity index is 1.54. The molecule has 2 heterocycles. The Morgan fingerprint density at radius 3 is 2.87 bits per heavy atom. The molecule has 1 amide bonds. The molecule has 2 aromatic rings. The quantitative estimate of drug-likeness (QED) is 0.939. The number of nitrogens with one attached hydrogen (secondary N) is 1. The van der Waals surface area contributed by atoms with Gasteiger partial charge in [0, 0.05) is 37.2 Å². The second kappa shape index (κ2) is 6.82. The highest BCUT2D eigenvalue weighted by molar-refractivity contribution is 5.79. The van der Waals surface area contributed by atoms with Crippen LogP contribution in [0.1, 0.15) is 48.6 Å². The second-order valence-corrected chi connectivity index (χ2v) is 6.37. The zero-order chi connectivity index (χ0) is 16.2. The molecule has 0 spiro atoms. The van der Waals surface area contributed by atoms with Gasteiger partial charge in [0.15, 0.2) is 0 Å². The normalized spacial score (nSPS) is 14.5. The molecule has 0 radical (unpaired) electrons. The van der Waals surface area contributed by atoms with Gasteiger partial charge in [0.25, 0.3) is 0 Å². The van der Waals surface area contributed by atoms with Crippen molar-refractivity contribution >= 4 is 12.0 Å². The van der Waals surface area contributed by atoms with Gasteiger partial charge in [-0.3, -0.25) is 9.89 Å². The highest BCUT2D eigenvalue weighted by Crippen LogP contribution is 2.18. The fourth-order valence-electron chi connectivity index (χ4n) is 2.85. The van der Waals surface area contributed by atoms with Crippen LogP contribution in [0, 0.1) is 0 Å². The van der Waals surface area contributed by atoms with Gasteiger partial charge in [-0.15, -0.1) is 0 Å². The number of fused-ring (bicyclic) bond motifs is 1. The molecule has 23 heavy (non-hydrogen) atoms. The molecule has 1 aromatic heterocycles. The molecular weight excluding hydrogens is 286 g/mol. The van der Waals surface area contributed by atoms with E-state index in [0.717, 1.165) is 29.8 Å². The number of aromatic nitrogens is 2. The Hall–Kier alpha value is -2.36. The maximum absolute atomic E-state index is 12.3. The Bertz CT molecular complexity index is 698. The van der Waals surface area contributed by atoms with Crippen molar-refractivity contribution in [2.75, 3.05) is 6.54 Å². The summed E-state index contributed by atoms with van der Waals surface area (Å²) < 4.78 is 0. The molecule has 1 aliphatic heterocycles. The van der Waals surface area contributed by atoms with Gasteiger partial charge in [-0.25, -0.2) is 0 Å². The number of hydrogen-bond acceptors (Lipinski definition) is 2. The van der Waals surface area contributed by atoms with E-state index in [4.69, 9.17) is 0 Å². The van der Waals surface area contributed by atoms with Gasteiger partial charge in [-0.05, 0) is 17.0 Å². The van der Waals surface area contributed by atoms with Crippen molar-refractivity contribution in [1.82, 2.24) is 15.1 Å². The van der Waals surface area contributed by atoms with Crippen LogP contribution in [0.25, 0.3) is 6.08 Å². The van der Waals surface area contributed by atoms with E-state index in [0.29, 0.717) is 18.9 Å². The monoisotopic (exact) mass is 309 g/mol. The average Bonchev–Trinajstić information content (AvgIpc) is 3.02. The molecule has 0 fully saturated rings. The summed E-state index contributed by atoms with van der Waals surface area (Å²) in [5, 5.41) is 7.03. The van der Waals surface area contributed by atoms with Crippen LogP contribution in [0.15, 0.2) is 36.5 Å². The summed E-state index contributed by atoms with van der Waals surface area (Å²) in [6, 6.07) is 8.51. The third-order valence-electron chi connectivity index (χ3n) is 4.36. The first-order chi connectivity index (χ1) is 11.1. The number of hydrogen-bond donors (Lipinski definition) is 1. The van der Waals surface area contributed by atoms with Gasteiger partial charge < -0.3 is 4.90 Å². The van der Waals surface area contributed by atoms with Crippen molar-refractivity contribution in [3.8, 4) is 0 Å². The summed E-state index contributed by atoms with van der Waals surface area (Å²) in [6.45, 7) is 5.81. The van der Waals surface area contributed by atoms with Crippen molar-refractivity contribution in [1.29, 1.82) is 0 Å². The van der Waals surface area contributed by atoms with E-state index in [1.54, 1.807) is 0 Å². The molecule has 0 atom stereocenters. The fourth-order valence-corrected chi connectivity index (χ4v) is 2.85. The molecule has 4 heteroatoms. The molecule has 0 unspecified atom stereocenters. The van der Waals surface area contributed by atoms with E-state index in [-0.39, 0.29) is 5.91 Å². The Kier molecular flexibility index (Phi) is 4.60. The van der Waals surface area contributed by atoms with Crippen LogP contribution in [-0.2, 0) is 17.8 Å². The summed E-state index contributed by atoms with van der Waals surface area (Å²) in [6.07, 6.45) is 7.11. The van der Waals surface area contributed by atoms with Crippen molar-refractivity contribution in [2.45, 2.75) is 39.2 Å². The number of nitrogens with zero attached hydrogens (tertiary/aromatic N) is 2. The van der Waals surface area contributed by atoms with Crippen molar-refractivity contribution in [2.24, 2.45) is 0 Å². The highest BCUT2D eigenvalue weighted by Gasteiger charge is 2.20. The standard InChI is InChI=1S/C19H23N3O/c1-14(2)16-8-6-15(7-9-16)4-3-5-19(23)22-11-10-18-17(13-22)12-20-21-18/h3-4,6-9,12,14H,5,10-11,13H2,1-2H3,(H,20,21)/b4-3+. The summed E-state index contributed by atoms with van der Waals surface area (Å²) in [7, 11) is 0. The molecule has 3 rings (SSSR count). The van der Waals surface area contributed by atoms with Gasteiger partial charge in [-0.2, -0.15) is 5.10 Å². The molecular formula is C19H23N3O. The minimum atomic E-state index is 0.173. The lowest BCUT2D eigenvalue weighted by Crippen LogP contribution is -2.35. The van der Waals surface area contributed by atoms with E-state index in [1.807, 2.05) is 23.2 Å². The zero-order valence-electron chi connectivity index (χ0n) is 13.7. The summed E-state index contributed by atoms with van der Waals surface area (Å²) in [5.74, 6) is 0.716. The Morgan fingerprint density at radius 2 is 2.13 bits per heavy atom. The van der Waals surface area contributed by atoms with E-state index in [1.165, 1.54) is 5.56 Å². The van der Waals surface area contributed by atoms with Crippen LogP contribution in [0.5, 0.6) is 0 Å². The molecule has 0 saturated carbocycles. The first kappa shape index (κ1) is 15.5. The fraction of sp³-hybridized carbons (Fsp3) is 0.368. The zero-order valence-corrected chi connectivity index (χ0v) is 13.7. The average molecular weight is 309 g/mol. The number of aromatic amines is 1. The number of benzene rings is 1. The molecule has 1 N–H and O–H groups in total. The molecule has 1 aromatic carbocycles. The number of H-pyrrole nitrogens is 1.